The minimum atomic E-state index is -0.896. The van der Waals surface area contributed by atoms with Gasteiger partial charge in [-0.25, -0.2) is 4.39 Å². The number of hydrogen-bond acceptors (Lipinski definition) is 3. The lowest BCUT2D eigenvalue weighted by Gasteiger charge is -2.47. The Morgan fingerprint density at radius 3 is 2.08 bits per heavy atom. The van der Waals surface area contributed by atoms with Gasteiger partial charge in [0.05, 0.1) is 0 Å². The zero-order valence-electron chi connectivity index (χ0n) is 22.9. The molecule has 5 nitrogen and oxygen atoms in total. The van der Waals surface area contributed by atoms with Crippen LogP contribution in [0, 0.1) is 5.82 Å². The van der Waals surface area contributed by atoms with Crippen molar-refractivity contribution in [2.45, 2.75) is 51.0 Å². The van der Waals surface area contributed by atoms with Crippen molar-refractivity contribution in [2.24, 2.45) is 0 Å². The van der Waals surface area contributed by atoms with Crippen LogP contribution in [-0.4, -0.2) is 59.9 Å². The van der Waals surface area contributed by atoms with E-state index in [-0.39, 0.29) is 17.6 Å². The molecule has 0 aliphatic carbocycles. The Labute approximate surface area is 232 Å². The van der Waals surface area contributed by atoms with Crippen molar-refractivity contribution in [1.82, 2.24) is 15.1 Å². The third-order valence-corrected chi connectivity index (χ3v) is 7.84. The van der Waals surface area contributed by atoms with Gasteiger partial charge in [-0.3, -0.25) is 9.59 Å². The molecule has 0 spiro atoms. The monoisotopic (exact) mass is 529 g/mol. The predicted octanol–water partition coefficient (Wildman–Crippen LogP) is 5.04. The first-order valence-corrected chi connectivity index (χ1v) is 14.1. The van der Waals surface area contributed by atoms with Crippen molar-refractivity contribution in [2.75, 3.05) is 32.7 Å². The Balaban J connectivity index is 1.48. The number of nitrogens with one attached hydrogen (secondary N) is 1. The quantitative estimate of drug-likeness (QED) is 0.358. The average molecular weight is 530 g/mol. The fraction of sp³-hybridized carbons (Fsp3) is 0.394. The molecule has 3 aromatic rings. The van der Waals surface area contributed by atoms with Gasteiger partial charge in [-0.15, -0.1) is 0 Å². The highest BCUT2D eigenvalue weighted by molar-refractivity contribution is 5.91. The predicted molar refractivity (Wildman–Crippen MR) is 154 cm³/mol. The number of carbonyl (C=O) groups is 2. The highest BCUT2D eigenvalue weighted by Gasteiger charge is 2.47. The van der Waals surface area contributed by atoms with E-state index in [4.69, 9.17) is 0 Å². The van der Waals surface area contributed by atoms with Crippen LogP contribution in [0.5, 0.6) is 0 Å². The number of rotatable bonds is 12. The van der Waals surface area contributed by atoms with Gasteiger partial charge >= 0.3 is 0 Å². The zero-order valence-corrected chi connectivity index (χ0v) is 22.9. The van der Waals surface area contributed by atoms with Gasteiger partial charge in [-0.1, -0.05) is 79.7 Å². The van der Waals surface area contributed by atoms with Gasteiger partial charge in [0.2, 0.25) is 11.8 Å². The molecule has 1 N–H and O–H groups in total. The molecule has 2 amide bonds. The van der Waals surface area contributed by atoms with Gasteiger partial charge < -0.3 is 15.1 Å². The third kappa shape index (κ3) is 7.76. The van der Waals surface area contributed by atoms with Crippen LogP contribution >= 0.6 is 0 Å². The van der Waals surface area contributed by atoms with Gasteiger partial charge in [0.1, 0.15) is 11.4 Å². The number of likely N-dealkylation sites (tertiary alicyclic amines) is 1. The lowest BCUT2D eigenvalue weighted by Crippen LogP contribution is -2.65. The first kappa shape index (κ1) is 28.5. The molecule has 1 heterocycles. The van der Waals surface area contributed by atoms with Crippen LogP contribution in [0.3, 0.4) is 0 Å². The minimum absolute atomic E-state index is 0.00365. The summed E-state index contributed by atoms with van der Waals surface area (Å²) in [4.78, 5) is 31.5. The van der Waals surface area contributed by atoms with E-state index in [9.17, 15) is 14.0 Å². The number of amides is 2. The van der Waals surface area contributed by atoms with E-state index in [2.05, 4.69) is 46.6 Å². The maximum atomic E-state index is 13.9. The Morgan fingerprint density at radius 2 is 1.46 bits per heavy atom. The molecule has 0 bridgehead atoms. The van der Waals surface area contributed by atoms with E-state index < -0.39 is 5.54 Å². The Hall–Kier alpha value is -3.51. The summed E-state index contributed by atoms with van der Waals surface area (Å²) in [5, 5.41) is 3.12. The second kappa shape index (κ2) is 14.0. The fourth-order valence-electron chi connectivity index (χ4n) is 5.53. The second-order valence-electron chi connectivity index (χ2n) is 10.4. The van der Waals surface area contributed by atoms with Crippen LogP contribution in [0.2, 0.25) is 0 Å². The van der Waals surface area contributed by atoms with E-state index in [0.717, 1.165) is 37.2 Å². The van der Waals surface area contributed by atoms with E-state index in [1.165, 1.54) is 17.7 Å². The Kier molecular flexibility index (Phi) is 10.3. The van der Waals surface area contributed by atoms with Crippen molar-refractivity contribution in [3.05, 3.63) is 107 Å². The molecule has 0 saturated carbocycles. The van der Waals surface area contributed by atoms with Crippen LogP contribution in [0.25, 0.3) is 0 Å². The van der Waals surface area contributed by atoms with Crippen LogP contribution < -0.4 is 5.32 Å². The topological polar surface area (TPSA) is 52.7 Å². The van der Waals surface area contributed by atoms with Crippen molar-refractivity contribution < 1.29 is 14.0 Å². The molecule has 0 atom stereocenters. The number of carbonyl (C=O) groups excluding carboxylic acids is 2. The van der Waals surface area contributed by atoms with E-state index in [1.54, 1.807) is 6.07 Å². The molecule has 4 rings (SSSR count). The van der Waals surface area contributed by atoms with Gasteiger partial charge in [0.25, 0.3) is 0 Å². The first-order valence-electron chi connectivity index (χ1n) is 14.1. The molecular weight excluding hydrogens is 489 g/mol. The minimum Gasteiger partial charge on any atom is -0.354 e. The molecule has 1 saturated heterocycles. The molecule has 0 radical (unpaired) electrons. The molecule has 0 aromatic heterocycles. The van der Waals surface area contributed by atoms with E-state index in [0.29, 0.717) is 45.2 Å². The first-order chi connectivity index (χ1) is 19.0. The Morgan fingerprint density at radius 1 is 0.846 bits per heavy atom. The smallest absolute Gasteiger partial charge is 0.246 e. The van der Waals surface area contributed by atoms with Gasteiger partial charge in [0.15, 0.2) is 0 Å². The van der Waals surface area contributed by atoms with Crippen molar-refractivity contribution in [1.29, 1.82) is 0 Å². The third-order valence-electron chi connectivity index (χ3n) is 7.84. The average Bonchev–Trinajstić information content (AvgIpc) is 2.97. The maximum Gasteiger partial charge on any atom is 0.246 e. The van der Waals surface area contributed by atoms with Crippen molar-refractivity contribution in [3.63, 3.8) is 0 Å². The van der Waals surface area contributed by atoms with Crippen LogP contribution in [0.4, 0.5) is 4.39 Å². The summed E-state index contributed by atoms with van der Waals surface area (Å²) in [5.41, 5.74) is 2.39. The van der Waals surface area contributed by atoms with Crippen LogP contribution in [0.15, 0.2) is 84.9 Å². The number of halogens is 1. The summed E-state index contributed by atoms with van der Waals surface area (Å²) in [6, 6.07) is 27.0. The molecule has 39 heavy (non-hydrogen) atoms. The van der Waals surface area contributed by atoms with Gasteiger partial charge in [0, 0.05) is 39.1 Å². The summed E-state index contributed by atoms with van der Waals surface area (Å²) in [6.45, 7) is 5.19. The van der Waals surface area contributed by atoms with Crippen LogP contribution in [-0.2, 0) is 28.9 Å². The fourth-order valence-corrected chi connectivity index (χ4v) is 5.53. The normalized spacial score (nSPS) is 15.0. The maximum absolute atomic E-state index is 13.9. The highest BCUT2D eigenvalue weighted by atomic mass is 19.1. The molecule has 3 aromatic carbocycles. The van der Waals surface area contributed by atoms with Crippen molar-refractivity contribution >= 4 is 11.8 Å². The van der Waals surface area contributed by atoms with Gasteiger partial charge in [-0.05, 0) is 60.9 Å². The summed E-state index contributed by atoms with van der Waals surface area (Å²) >= 11 is 0. The lowest BCUT2D eigenvalue weighted by atomic mass is 9.83. The number of benzene rings is 3. The summed E-state index contributed by atoms with van der Waals surface area (Å²) < 4.78 is 13.6. The molecule has 1 aliphatic rings. The van der Waals surface area contributed by atoms with E-state index >= 15 is 0 Å². The lowest BCUT2D eigenvalue weighted by molar-refractivity contribution is -0.151. The summed E-state index contributed by atoms with van der Waals surface area (Å²) in [7, 11) is 0. The standard InChI is InChI=1S/C33H40FN3O2/c1-2-31(38)37(23-18-28-12-7-4-8-13-28)33(32(39)35-21-16-29-14-9-15-30(34)26-29)19-24-36(25-20-33)22-17-27-10-5-3-6-11-27/h3-15,26H,2,16-25H2,1H3,(H,35,39). The SMILES string of the molecule is CCC(=O)N(CCc1ccccc1)C1(C(=O)NCCc2cccc(F)c2)CCN(CCc2ccccc2)CC1. The molecule has 1 fully saturated rings. The van der Waals surface area contributed by atoms with Gasteiger partial charge in [-0.2, -0.15) is 0 Å². The molecule has 0 unspecified atom stereocenters. The number of nitrogens with zero attached hydrogens (tertiary/aromatic N) is 2. The van der Waals surface area contributed by atoms with Crippen molar-refractivity contribution in [3.8, 4) is 0 Å². The molecule has 206 valence electrons. The Bertz CT molecular complexity index is 1190. The molecular formula is C33H40FN3O2. The molecule has 6 heteroatoms. The zero-order chi connectivity index (χ0) is 27.5. The number of piperidine rings is 1. The van der Waals surface area contributed by atoms with E-state index in [1.807, 2.05) is 42.2 Å². The summed E-state index contributed by atoms with van der Waals surface area (Å²) in [5.74, 6) is -0.376. The molecule has 1 aliphatic heterocycles. The summed E-state index contributed by atoms with van der Waals surface area (Å²) in [6.07, 6.45) is 3.73. The number of hydrogen-bond donors (Lipinski definition) is 1. The second-order valence-corrected chi connectivity index (χ2v) is 10.4. The van der Waals surface area contributed by atoms with Crippen LogP contribution in [0.1, 0.15) is 42.9 Å². The largest absolute Gasteiger partial charge is 0.354 e. The highest BCUT2D eigenvalue weighted by Crippen LogP contribution is 2.31.